The maximum absolute atomic E-state index is 9.44. The van der Waals surface area contributed by atoms with Crippen molar-refractivity contribution in [2.45, 2.75) is 37.9 Å². The summed E-state index contributed by atoms with van der Waals surface area (Å²) in [5, 5.41) is 17.9. The van der Waals surface area contributed by atoms with Gasteiger partial charge in [-0.25, -0.2) is 0 Å². The Hall–Kier alpha value is -0.120. The molecule has 0 saturated carbocycles. The molecule has 0 aromatic heterocycles. The highest BCUT2D eigenvalue weighted by atomic mass is 16.5. The van der Waals surface area contributed by atoms with Crippen LogP contribution in [0.25, 0.3) is 0 Å². The van der Waals surface area contributed by atoms with E-state index in [4.69, 9.17) is 9.84 Å². The van der Waals surface area contributed by atoms with Crippen molar-refractivity contribution in [3.63, 3.8) is 0 Å². The molecule has 0 aromatic carbocycles. The molecule has 2 unspecified atom stereocenters. The first-order valence-electron chi connectivity index (χ1n) is 4.25. The molecule has 3 heteroatoms. The largest absolute Gasteiger partial charge is 0.396 e. The van der Waals surface area contributed by atoms with Crippen LogP contribution < -0.4 is 0 Å². The summed E-state index contributed by atoms with van der Waals surface area (Å²) >= 11 is 0. The van der Waals surface area contributed by atoms with Crippen LogP contribution in [0.1, 0.15) is 25.7 Å². The molecule has 0 spiro atoms. The smallest absolute Gasteiger partial charge is 0.0834 e. The second kappa shape index (κ2) is 4.70. The van der Waals surface area contributed by atoms with Gasteiger partial charge in [0.1, 0.15) is 0 Å². The minimum Gasteiger partial charge on any atom is -0.396 e. The van der Waals surface area contributed by atoms with Crippen LogP contribution in [-0.4, -0.2) is 35.6 Å². The Morgan fingerprint density at radius 2 is 2.36 bits per heavy atom. The lowest BCUT2D eigenvalue weighted by Gasteiger charge is -2.16. The van der Waals surface area contributed by atoms with Crippen LogP contribution in [-0.2, 0) is 4.74 Å². The topological polar surface area (TPSA) is 49.7 Å². The van der Waals surface area contributed by atoms with Crippen molar-refractivity contribution in [1.29, 1.82) is 0 Å². The van der Waals surface area contributed by atoms with Crippen LogP contribution in [0.5, 0.6) is 0 Å². The number of rotatable bonds is 4. The van der Waals surface area contributed by atoms with Gasteiger partial charge in [-0.1, -0.05) is 0 Å². The fraction of sp³-hybridized carbons (Fsp3) is 1.00. The average molecular weight is 160 g/mol. The second-order valence-corrected chi connectivity index (χ2v) is 2.98. The summed E-state index contributed by atoms with van der Waals surface area (Å²) in [6.07, 6.45) is 3.00. The molecule has 66 valence electrons. The number of hydrogen-bond acceptors (Lipinski definition) is 3. The fourth-order valence-electron chi connectivity index (χ4n) is 1.39. The summed E-state index contributed by atoms with van der Waals surface area (Å²) in [6.45, 7) is 0.935. The van der Waals surface area contributed by atoms with Crippen LogP contribution in [0.4, 0.5) is 0 Å². The average Bonchev–Trinajstić information content (AvgIpc) is 2.52. The Morgan fingerprint density at radius 3 is 2.91 bits per heavy atom. The van der Waals surface area contributed by atoms with Crippen molar-refractivity contribution in [1.82, 2.24) is 0 Å². The third kappa shape index (κ3) is 2.77. The van der Waals surface area contributed by atoms with E-state index < -0.39 is 0 Å². The van der Waals surface area contributed by atoms with Crippen LogP contribution in [0.2, 0.25) is 0 Å². The third-order valence-electron chi connectivity index (χ3n) is 2.05. The molecule has 1 rings (SSSR count). The van der Waals surface area contributed by atoms with E-state index in [1.807, 2.05) is 0 Å². The normalized spacial score (nSPS) is 27.3. The highest BCUT2D eigenvalue weighted by Crippen LogP contribution is 2.17. The van der Waals surface area contributed by atoms with Gasteiger partial charge in [0.15, 0.2) is 0 Å². The molecule has 2 N–H and O–H groups in total. The maximum Gasteiger partial charge on any atom is 0.0834 e. The fourth-order valence-corrected chi connectivity index (χ4v) is 1.39. The van der Waals surface area contributed by atoms with Gasteiger partial charge in [0.05, 0.1) is 12.2 Å². The van der Waals surface area contributed by atoms with Crippen LogP contribution in [0.15, 0.2) is 0 Å². The number of hydrogen-bond donors (Lipinski definition) is 2. The molecule has 0 radical (unpaired) electrons. The van der Waals surface area contributed by atoms with Gasteiger partial charge in [-0.15, -0.1) is 0 Å². The zero-order valence-corrected chi connectivity index (χ0v) is 6.70. The molecule has 11 heavy (non-hydrogen) atoms. The Bertz CT molecular complexity index is 99.5. The van der Waals surface area contributed by atoms with E-state index in [1.54, 1.807) is 0 Å². The van der Waals surface area contributed by atoms with Gasteiger partial charge in [0.25, 0.3) is 0 Å². The molecule has 1 heterocycles. The Balaban J connectivity index is 2.12. The molecular weight excluding hydrogens is 144 g/mol. The van der Waals surface area contributed by atoms with Crippen molar-refractivity contribution in [2.24, 2.45) is 0 Å². The molecular formula is C8H16O3. The molecule has 1 aliphatic heterocycles. The van der Waals surface area contributed by atoms with Gasteiger partial charge >= 0.3 is 0 Å². The lowest BCUT2D eigenvalue weighted by molar-refractivity contribution is -0.00787. The van der Waals surface area contributed by atoms with Crippen LogP contribution in [0.3, 0.4) is 0 Å². The Morgan fingerprint density at radius 1 is 1.55 bits per heavy atom. The van der Waals surface area contributed by atoms with E-state index >= 15 is 0 Å². The molecule has 0 aromatic rings. The lowest BCUT2D eigenvalue weighted by atomic mass is 10.1. The standard InChI is InChI=1S/C8H16O3/c9-5-1-3-7(10)8-4-2-6-11-8/h7-10H,1-6H2. The van der Waals surface area contributed by atoms with Crippen molar-refractivity contribution < 1.29 is 14.9 Å². The predicted octanol–water partition coefficient (Wildman–Crippen LogP) is 0.299. The summed E-state index contributed by atoms with van der Waals surface area (Å²) in [4.78, 5) is 0. The first kappa shape index (κ1) is 8.97. The molecule has 0 aliphatic carbocycles. The van der Waals surface area contributed by atoms with Gasteiger partial charge in [-0.05, 0) is 25.7 Å². The van der Waals surface area contributed by atoms with Crippen molar-refractivity contribution in [3.8, 4) is 0 Å². The Kier molecular flexibility index (Phi) is 3.83. The first-order chi connectivity index (χ1) is 5.34. The van der Waals surface area contributed by atoms with Gasteiger partial charge < -0.3 is 14.9 Å². The highest BCUT2D eigenvalue weighted by molar-refractivity contribution is 4.73. The molecule has 1 saturated heterocycles. The van der Waals surface area contributed by atoms with E-state index in [0.717, 1.165) is 19.4 Å². The lowest BCUT2D eigenvalue weighted by Crippen LogP contribution is -2.25. The molecule has 0 amide bonds. The quantitative estimate of drug-likeness (QED) is 0.622. The van der Waals surface area contributed by atoms with Gasteiger partial charge in [-0.2, -0.15) is 0 Å². The summed E-state index contributed by atoms with van der Waals surface area (Å²) in [5.74, 6) is 0. The molecule has 0 bridgehead atoms. The number of aliphatic hydroxyl groups excluding tert-OH is 2. The molecule has 1 fully saturated rings. The van der Waals surface area contributed by atoms with Gasteiger partial charge in [-0.3, -0.25) is 0 Å². The summed E-state index contributed by atoms with van der Waals surface area (Å²) in [6, 6.07) is 0. The van der Waals surface area contributed by atoms with E-state index in [-0.39, 0.29) is 18.8 Å². The SMILES string of the molecule is OCCCC(O)C1CCCO1. The van der Waals surface area contributed by atoms with Gasteiger partial charge in [0, 0.05) is 13.2 Å². The van der Waals surface area contributed by atoms with Crippen molar-refractivity contribution in [2.75, 3.05) is 13.2 Å². The molecule has 2 atom stereocenters. The zero-order chi connectivity index (χ0) is 8.10. The number of ether oxygens (including phenoxy) is 1. The van der Waals surface area contributed by atoms with Crippen LogP contribution in [0, 0.1) is 0 Å². The van der Waals surface area contributed by atoms with E-state index in [0.29, 0.717) is 12.8 Å². The molecule has 1 aliphatic rings. The second-order valence-electron chi connectivity index (χ2n) is 2.98. The van der Waals surface area contributed by atoms with Gasteiger partial charge in [0.2, 0.25) is 0 Å². The highest BCUT2D eigenvalue weighted by Gasteiger charge is 2.23. The maximum atomic E-state index is 9.44. The van der Waals surface area contributed by atoms with E-state index in [1.165, 1.54) is 0 Å². The monoisotopic (exact) mass is 160 g/mol. The summed E-state index contributed by atoms with van der Waals surface area (Å²) in [7, 11) is 0. The Labute approximate surface area is 67.0 Å². The van der Waals surface area contributed by atoms with E-state index in [9.17, 15) is 5.11 Å². The third-order valence-corrected chi connectivity index (χ3v) is 2.05. The zero-order valence-electron chi connectivity index (χ0n) is 6.70. The molecule has 3 nitrogen and oxygen atoms in total. The summed E-state index contributed by atoms with van der Waals surface area (Å²) < 4.78 is 5.28. The summed E-state index contributed by atoms with van der Waals surface area (Å²) in [5.41, 5.74) is 0. The predicted molar refractivity (Wildman–Crippen MR) is 41.3 cm³/mol. The van der Waals surface area contributed by atoms with Crippen LogP contribution >= 0.6 is 0 Å². The van der Waals surface area contributed by atoms with E-state index in [2.05, 4.69) is 0 Å². The van der Waals surface area contributed by atoms with Crippen molar-refractivity contribution >= 4 is 0 Å². The van der Waals surface area contributed by atoms with Crippen molar-refractivity contribution in [3.05, 3.63) is 0 Å². The minimum atomic E-state index is -0.371. The minimum absolute atomic E-state index is 0.0292. The number of aliphatic hydroxyl groups is 2. The first-order valence-corrected chi connectivity index (χ1v) is 4.25.